The first kappa shape index (κ1) is 12.7. The van der Waals surface area contributed by atoms with Crippen LogP contribution in [0.1, 0.15) is 5.82 Å². The third-order valence-electron chi connectivity index (χ3n) is 2.49. The molecule has 0 amide bonds. The van der Waals surface area contributed by atoms with Crippen LogP contribution >= 0.6 is 11.3 Å². The van der Waals surface area contributed by atoms with E-state index in [4.69, 9.17) is 0 Å². The van der Waals surface area contributed by atoms with E-state index < -0.39 is 17.8 Å². The van der Waals surface area contributed by atoms with Gasteiger partial charge in [-0.3, -0.25) is 0 Å². The van der Waals surface area contributed by atoms with Gasteiger partial charge in [0.15, 0.2) is 16.5 Å². The molecule has 0 unspecified atom stereocenters. The Morgan fingerprint density at radius 3 is 2.60 bits per heavy atom. The average molecular weight is 302 g/mol. The van der Waals surface area contributed by atoms with Gasteiger partial charge in [-0.05, 0) is 12.1 Å². The number of phenolic OH excluding ortho intramolecular Hbond substituents is 2. The average Bonchev–Trinajstić information content (AvgIpc) is 2.90. The number of hydrogen-bond acceptors (Lipinski definition) is 6. The molecular formula is C10H5F3N4O2S. The van der Waals surface area contributed by atoms with Crippen LogP contribution in [0.3, 0.4) is 0 Å². The lowest BCUT2D eigenvalue weighted by atomic mass is 10.2. The molecule has 3 rings (SSSR count). The van der Waals surface area contributed by atoms with Gasteiger partial charge >= 0.3 is 6.18 Å². The Morgan fingerprint density at radius 1 is 1.15 bits per heavy atom. The van der Waals surface area contributed by atoms with Gasteiger partial charge in [0.1, 0.15) is 0 Å². The smallest absolute Gasteiger partial charge is 0.453 e. The molecule has 10 heteroatoms. The minimum absolute atomic E-state index is 0.0601. The summed E-state index contributed by atoms with van der Waals surface area (Å²) in [6.45, 7) is 0. The zero-order chi connectivity index (χ0) is 14.5. The van der Waals surface area contributed by atoms with Crippen molar-refractivity contribution in [2.75, 3.05) is 0 Å². The van der Waals surface area contributed by atoms with Crippen LogP contribution in [-0.4, -0.2) is 30.0 Å². The highest BCUT2D eigenvalue weighted by Gasteiger charge is 2.38. The molecular weight excluding hydrogens is 297 g/mol. The third-order valence-corrected chi connectivity index (χ3v) is 3.42. The molecule has 6 nitrogen and oxygen atoms in total. The number of benzene rings is 1. The van der Waals surface area contributed by atoms with E-state index >= 15 is 0 Å². The molecule has 1 aromatic carbocycles. The predicted octanol–water partition coefficient (Wildman–Crippen LogP) is 2.28. The lowest BCUT2D eigenvalue weighted by Gasteiger charge is -2.02. The Hall–Kier alpha value is -2.36. The molecule has 0 aliphatic heterocycles. The van der Waals surface area contributed by atoms with E-state index in [1.165, 1.54) is 18.2 Å². The number of aromatic hydroxyl groups is 2. The number of alkyl halides is 3. The van der Waals surface area contributed by atoms with Crippen LogP contribution in [0.15, 0.2) is 18.2 Å². The van der Waals surface area contributed by atoms with Crippen molar-refractivity contribution >= 4 is 16.3 Å². The second-order valence-corrected chi connectivity index (χ2v) is 4.75. The van der Waals surface area contributed by atoms with E-state index in [9.17, 15) is 23.4 Å². The molecule has 0 saturated carbocycles. The molecule has 0 fully saturated rings. The van der Waals surface area contributed by atoms with E-state index in [0.29, 0.717) is 4.52 Å². The van der Waals surface area contributed by atoms with Gasteiger partial charge in [-0.2, -0.15) is 22.8 Å². The van der Waals surface area contributed by atoms with E-state index in [0.717, 1.165) is 11.3 Å². The van der Waals surface area contributed by atoms with Crippen molar-refractivity contribution < 1.29 is 23.4 Å². The van der Waals surface area contributed by atoms with Gasteiger partial charge in [-0.1, -0.05) is 17.4 Å². The summed E-state index contributed by atoms with van der Waals surface area (Å²) >= 11 is 0.817. The summed E-state index contributed by atoms with van der Waals surface area (Å²) in [6, 6.07) is 4.12. The Balaban J connectivity index is 2.19. The Labute approximate surface area is 112 Å². The molecule has 2 N–H and O–H groups in total. The van der Waals surface area contributed by atoms with Crippen molar-refractivity contribution in [2.45, 2.75) is 6.18 Å². The van der Waals surface area contributed by atoms with Crippen LogP contribution in [0.25, 0.3) is 15.5 Å². The van der Waals surface area contributed by atoms with Crippen molar-refractivity contribution in [1.29, 1.82) is 0 Å². The second kappa shape index (κ2) is 4.07. The van der Waals surface area contributed by atoms with Crippen molar-refractivity contribution in [2.24, 2.45) is 0 Å². The number of rotatable bonds is 1. The fourth-order valence-corrected chi connectivity index (χ4v) is 2.47. The van der Waals surface area contributed by atoms with Crippen molar-refractivity contribution in [3.8, 4) is 22.1 Å². The molecule has 3 aromatic rings. The zero-order valence-electron chi connectivity index (χ0n) is 9.46. The van der Waals surface area contributed by atoms with Gasteiger partial charge in [-0.15, -0.1) is 10.2 Å². The highest BCUT2D eigenvalue weighted by Crippen LogP contribution is 2.38. The van der Waals surface area contributed by atoms with Crippen LogP contribution in [0.2, 0.25) is 0 Å². The molecule has 104 valence electrons. The van der Waals surface area contributed by atoms with Gasteiger partial charge < -0.3 is 10.2 Å². The number of halogens is 3. The van der Waals surface area contributed by atoms with Gasteiger partial charge in [-0.25, -0.2) is 0 Å². The normalized spacial score (nSPS) is 12.2. The van der Waals surface area contributed by atoms with Crippen LogP contribution < -0.4 is 0 Å². The van der Waals surface area contributed by atoms with Gasteiger partial charge in [0, 0.05) is 0 Å². The molecule has 2 aromatic heterocycles. The van der Waals surface area contributed by atoms with Crippen LogP contribution in [0, 0.1) is 0 Å². The maximum absolute atomic E-state index is 12.7. The predicted molar refractivity (Wildman–Crippen MR) is 62.4 cm³/mol. The Bertz CT molecular complexity index is 795. The topological polar surface area (TPSA) is 83.5 Å². The molecule has 0 aliphatic rings. The maximum atomic E-state index is 12.7. The Morgan fingerprint density at radius 2 is 1.90 bits per heavy atom. The van der Waals surface area contributed by atoms with Crippen LogP contribution in [0.4, 0.5) is 13.2 Å². The number of nitrogens with zero attached hydrogens (tertiary/aromatic N) is 4. The lowest BCUT2D eigenvalue weighted by molar-refractivity contribution is -0.146. The lowest BCUT2D eigenvalue weighted by Crippen LogP contribution is -2.11. The minimum atomic E-state index is -4.67. The molecule has 0 aliphatic carbocycles. The van der Waals surface area contributed by atoms with Crippen molar-refractivity contribution in [1.82, 2.24) is 19.8 Å². The number of phenols is 2. The van der Waals surface area contributed by atoms with Crippen LogP contribution in [-0.2, 0) is 6.18 Å². The monoisotopic (exact) mass is 302 g/mol. The summed E-state index contributed by atoms with van der Waals surface area (Å²) in [5.41, 5.74) is 0.119. The quantitative estimate of drug-likeness (QED) is 0.674. The number of para-hydroxylation sites is 1. The summed E-state index contributed by atoms with van der Waals surface area (Å²) in [5, 5.41) is 29.3. The zero-order valence-corrected chi connectivity index (χ0v) is 10.3. The van der Waals surface area contributed by atoms with Gasteiger partial charge in [0.2, 0.25) is 4.96 Å². The second-order valence-electron chi connectivity index (χ2n) is 3.80. The highest BCUT2D eigenvalue weighted by atomic mass is 32.1. The molecule has 2 heterocycles. The number of hydrogen-bond donors (Lipinski definition) is 2. The first-order valence-electron chi connectivity index (χ1n) is 5.18. The summed E-state index contributed by atoms with van der Waals surface area (Å²) in [7, 11) is 0. The molecule has 0 saturated heterocycles. The van der Waals surface area contributed by atoms with Crippen molar-refractivity contribution in [3.05, 3.63) is 24.0 Å². The van der Waals surface area contributed by atoms with Gasteiger partial charge in [0.05, 0.1) is 5.56 Å². The Kier molecular flexibility index (Phi) is 2.57. The molecule has 0 radical (unpaired) electrons. The van der Waals surface area contributed by atoms with Crippen molar-refractivity contribution in [3.63, 3.8) is 0 Å². The summed E-state index contributed by atoms with van der Waals surface area (Å²) in [4.78, 5) is -0.0601. The van der Waals surface area contributed by atoms with E-state index in [1.807, 2.05) is 0 Å². The molecule has 20 heavy (non-hydrogen) atoms. The molecule has 0 spiro atoms. The standard InChI is InChI=1S/C10H5F3N4O2S/c11-10(12,13)8-14-15-9-17(8)16-7(20-9)4-2-1-3-5(18)6(4)19/h1-3,18-19H. The van der Waals surface area contributed by atoms with Gasteiger partial charge in [0.25, 0.3) is 5.82 Å². The highest BCUT2D eigenvalue weighted by molar-refractivity contribution is 7.19. The summed E-state index contributed by atoms with van der Waals surface area (Å²) in [6.07, 6.45) is -4.67. The first-order valence-corrected chi connectivity index (χ1v) is 6.00. The van der Waals surface area contributed by atoms with E-state index in [2.05, 4.69) is 15.3 Å². The number of aromatic nitrogens is 4. The summed E-state index contributed by atoms with van der Waals surface area (Å²) in [5.74, 6) is -2.08. The molecule has 0 bridgehead atoms. The third kappa shape index (κ3) is 1.84. The maximum Gasteiger partial charge on any atom is 0.453 e. The fourth-order valence-electron chi connectivity index (χ4n) is 1.61. The number of fused-ring (bicyclic) bond motifs is 1. The van der Waals surface area contributed by atoms with E-state index in [1.54, 1.807) is 0 Å². The SMILES string of the molecule is Oc1cccc(-c2nn3c(C(F)(F)F)nnc3s2)c1O. The largest absolute Gasteiger partial charge is 0.504 e. The fraction of sp³-hybridized carbons (Fsp3) is 0.100. The summed E-state index contributed by atoms with van der Waals surface area (Å²) < 4.78 is 38.5. The van der Waals surface area contributed by atoms with E-state index in [-0.39, 0.29) is 21.3 Å². The minimum Gasteiger partial charge on any atom is -0.504 e. The van der Waals surface area contributed by atoms with Crippen LogP contribution in [0.5, 0.6) is 11.5 Å². The molecule has 0 atom stereocenters. The first-order chi connectivity index (χ1) is 9.38.